The molecule has 2 rings (SSSR count). The number of aromatic nitrogens is 1. The van der Waals surface area contributed by atoms with E-state index < -0.39 is 0 Å². The third-order valence-corrected chi connectivity index (χ3v) is 2.59. The number of allylic oxidation sites excluding steroid dienone is 1. The zero-order valence-electron chi connectivity index (χ0n) is 10.2. The minimum Gasteiger partial charge on any atom is -0.360 e. The number of nitriles is 2. The van der Waals surface area contributed by atoms with Gasteiger partial charge in [0.2, 0.25) is 0 Å². The first-order valence-corrected chi connectivity index (χ1v) is 5.54. The van der Waals surface area contributed by atoms with Crippen molar-refractivity contribution >= 4 is 16.6 Å². The number of nitrogens with one attached hydrogen (secondary N) is 2. The molecular formula is C14H10N4O. The normalized spacial score (nSPS) is 9.42. The second-order valence-corrected chi connectivity index (χ2v) is 4.00. The third-order valence-electron chi connectivity index (χ3n) is 2.59. The smallest absolute Gasteiger partial charge is 0.189 e. The number of hydrogen-bond donors (Lipinski definition) is 2. The Morgan fingerprint density at radius 2 is 2.05 bits per heavy atom. The molecule has 5 nitrogen and oxygen atoms in total. The topological polar surface area (TPSA) is 92.5 Å². The first-order chi connectivity index (χ1) is 9.13. The highest BCUT2D eigenvalue weighted by Gasteiger charge is 2.01. The number of rotatable bonds is 2. The highest BCUT2D eigenvalue weighted by molar-refractivity contribution is 5.82. The van der Waals surface area contributed by atoms with Crippen molar-refractivity contribution in [1.82, 2.24) is 4.98 Å². The van der Waals surface area contributed by atoms with Crippen molar-refractivity contribution in [2.24, 2.45) is 0 Å². The average molecular weight is 250 g/mol. The van der Waals surface area contributed by atoms with Crippen LogP contribution in [-0.2, 0) is 0 Å². The van der Waals surface area contributed by atoms with Gasteiger partial charge in [-0.1, -0.05) is 0 Å². The van der Waals surface area contributed by atoms with Crippen LogP contribution in [0, 0.1) is 29.6 Å². The highest BCUT2D eigenvalue weighted by atomic mass is 16.1. The molecule has 1 aromatic carbocycles. The Kier molecular flexibility index (Phi) is 3.31. The van der Waals surface area contributed by atoms with Crippen molar-refractivity contribution in [3.63, 3.8) is 0 Å². The first-order valence-electron chi connectivity index (χ1n) is 5.54. The van der Waals surface area contributed by atoms with Gasteiger partial charge in [-0.3, -0.25) is 4.79 Å². The van der Waals surface area contributed by atoms with Crippen LogP contribution in [0.1, 0.15) is 5.69 Å². The van der Waals surface area contributed by atoms with E-state index in [0.717, 1.165) is 11.2 Å². The number of fused-ring (bicyclic) bond motifs is 1. The Hall–Kier alpha value is -3.05. The molecule has 0 amide bonds. The van der Waals surface area contributed by atoms with Crippen LogP contribution >= 0.6 is 0 Å². The number of anilines is 1. The van der Waals surface area contributed by atoms with Crippen LogP contribution in [0.25, 0.3) is 10.9 Å². The van der Waals surface area contributed by atoms with Gasteiger partial charge in [0.05, 0.1) is 0 Å². The van der Waals surface area contributed by atoms with Gasteiger partial charge < -0.3 is 10.3 Å². The van der Waals surface area contributed by atoms with Crippen molar-refractivity contribution in [1.29, 1.82) is 10.5 Å². The van der Waals surface area contributed by atoms with Gasteiger partial charge in [-0.15, -0.1) is 0 Å². The lowest BCUT2D eigenvalue weighted by atomic mass is 10.1. The Labute approximate surface area is 109 Å². The van der Waals surface area contributed by atoms with Crippen LogP contribution in [0.15, 0.2) is 40.8 Å². The molecule has 1 heterocycles. The maximum atomic E-state index is 11.8. The maximum Gasteiger partial charge on any atom is 0.189 e. The standard InChI is InChI=1S/C14H10N4O/c1-9-4-14(19)12-5-11(2-3-13(12)18-9)17-8-10(6-15)7-16/h2-5,8,17H,1H3,(H,18,19). The van der Waals surface area contributed by atoms with Crippen LogP contribution in [-0.4, -0.2) is 4.98 Å². The van der Waals surface area contributed by atoms with Crippen LogP contribution in [0.5, 0.6) is 0 Å². The fraction of sp³-hybridized carbons (Fsp3) is 0.0714. The predicted molar refractivity (Wildman–Crippen MR) is 72.2 cm³/mol. The number of aromatic amines is 1. The molecule has 5 heteroatoms. The number of nitrogens with zero attached hydrogens (tertiary/aromatic N) is 2. The van der Waals surface area contributed by atoms with E-state index in [1.54, 1.807) is 30.3 Å². The first kappa shape index (κ1) is 12.4. The van der Waals surface area contributed by atoms with Gasteiger partial charge >= 0.3 is 0 Å². The molecule has 0 aliphatic heterocycles. The van der Waals surface area contributed by atoms with E-state index in [1.165, 1.54) is 12.3 Å². The van der Waals surface area contributed by atoms with Gasteiger partial charge in [0.1, 0.15) is 17.7 Å². The van der Waals surface area contributed by atoms with E-state index in [-0.39, 0.29) is 11.0 Å². The molecule has 19 heavy (non-hydrogen) atoms. The molecule has 0 bridgehead atoms. The van der Waals surface area contributed by atoms with Crippen molar-refractivity contribution in [3.05, 3.63) is 52.0 Å². The SMILES string of the molecule is Cc1cc(=O)c2cc(NC=C(C#N)C#N)ccc2[nH]1. The molecule has 0 saturated heterocycles. The molecule has 0 radical (unpaired) electrons. The predicted octanol–water partition coefficient (Wildman–Crippen LogP) is 2.18. The molecule has 1 aromatic heterocycles. The maximum absolute atomic E-state index is 11.8. The van der Waals surface area contributed by atoms with E-state index >= 15 is 0 Å². The number of aryl methyl sites for hydroxylation is 1. The van der Waals surface area contributed by atoms with E-state index in [0.29, 0.717) is 11.1 Å². The molecule has 0 aliphatic rings. The molecule has 2 aromatic rings. The molecule has 0 saturated carbocycles. The van der Waals surface area contributed by atoms with Gasteiger partial charge in [-0.25, -0.2) is 0 Å². The minimum atomic E-state index is -0.0698. The number of pyridine rings is 1. The molecule has 0 unspecified atom stereocenters. The molecule has 2 N–H and O–H groups in total. The second kappa shape index (κ2) is 5.07. The largest absolute Gasteiger partial charge is 0.360 e. The third kappa shape index (κ3) is 2.62. The summed E-state index contributed by atoms with van der Waals surface area (Å²) in [5.41, 5.74) is 2.09. The lowest BCUT2D eigenvalue weighted by Gasteiger charge is -2.04. The summed E-state index contributed by atoms with van der Waals surface area (Å²) in [4.78, 5) is 14.9. The van der Waals surface area contributed by atoms with Crippen LogP contribution < -0.4 is 10.7 Å². The number of benzene rings is 1. The summed E-state index contributed by atoms with van der Waals surface area (Å²) in [6.07, 6.45) is 1.31. The van der Waals surface area contributed by atoms with Crippen molar-refractivity contribution in [3.8, 4) is 12.1 Å². The second-order valence-electron chi connectivity index (χ2n) is 4.00. The lowest BCUT2D eigenvalue weighted by Crippen LogP contribution is -2.03. The summed E-state index contributed by atoms with van der Waals surface area (Å²) in [5, 5.41) is 20.6. The fourth-order valence-corrected chi connectivity index (χ4v) is 1.71. The Morgan fingerprint density at radius 1 is 1.32 bits per heavy atom. The summed E-state index contributed by atoms with van der Waals surface area (Å²) in [7, 11) is 0. The minimum absolute atomic E-state index is 0.0297. The molecule has 0 spiro atoms. The van der Waals surface area contributed by atoms with Crippen molar-refractivity contribution < 1.29 is 0 Å². The van der Waals surface area contributed by atoms with E-state index in [2.05, 4.69) is 10.3 Å². The number of H-pyrrole nitrogens is 1. The monoisotopic (exact) mass is 250 g/mol. The Morgan fingerprint density at radius 3 is 2.74 bits per heavy atom. The number of hydrogen-bond acceptors (Lipinski definition) is 4. The lowest BCUT2D eigenvalue weighted by molar-refractivity contribution is 1.24. The van der Waals surface area contributed by atoms with Gasteiger partial charge in [0.25, 0.3) is 0 Å². The van der Waals surface area contributed by atoms with Crippen molar-refractivity contribution in [2.45, 2.75) is 6.92 Å². The summed E-state index contributed by atoms with van der Waals surface area (Å²) in [6, 6.07) is 10.2. The summed E-state index contributed by atoms with van der Waals surface area (Å²) in [5.74, 6) is 0. The summed E-state index contributed by atoms with van der Waals surface area (Å²) in [6.45, 7) is 1.82. The molecule has 0 fully saturated rings. The molecule has 0 atom stereocenters. The molecule has 0 aliphatic carbocycles. The van der Waals surface area contributed by atoms with E-state index in [4.69, 9.17) is 10.5 Å². The zero-order valence-corrected chi connectivity index (χ0v) is 10.2. The quantitative estimate of drug-likeness (QED) is 0.799. The van der Waals surface area contributed by atoms with Gasteiger partial charge in [-0.05, 0) is 25.1 Å². The summed E-state index contributed by atoms with van der Waals surface area (Å²) >= 11 is 0. The molecule has 92 valence electrons. The van der Waals surface area contributed by atoms with E-state index in [1.807, 2.05) is 6.92 Å². The van der Waals surface area contributed by atoms with Gasteiger partial charge in [-0.2, -0.15) is 10.5 Å². The van der Waals surface area contributed by atoms with Gasteiger partial charge in [0, 0.05) is 34.6 Å². The Bertz CT molecular complexity index is 787. The van der Waals surface area contributed by atoms with Crippen molar-refractivity contribution in [2.75, 3.05) is 5.32 Å². The zero-order chi connectivity index (χ0) is 13.8. The van der Waals surface area contributed by atoms with Crippen LogP contribution in [0.2, 0.25) is 0 Å². The van der Waals surface area contributed by atoms with Crippen LogP contribution in [0.3, 0.4) is 0 Å². The van der Waals surface area contributed by atoms with E-state index in [9.17, 15) is 4.79 Å². The van der Waals surface area contributed by atoms with Gasteiger partial charge in [0.15, 0.2) is 5.43 Å². The Balaban J connectivity index is 2.44. The molecular weight excluding hydrogens is 240 g/mol. The fourth-order valence-electron chi connectivity index (χ4n) is 1.71. The highest BCUT2D eigenvalue weighted by Crippen LogP contribution is 2.15. The van der Waals surface area contributed by atoms with Crippen LogP contribution in [0.4, 0.5) is 5.69 Å². The average Bonchev–Trinajstić information content (AvgIpc) is 2.40. The summed E-state index contributed by atoms with van der Waals surface area (Å²) < 4.78 is 0.